The third kappa shape index (κ3) is 3.58. The Morgan fingerprint density at radius 2 is 1.84 bits per heavy atom. The summed E-state index contributed by atoms with van der Waals surface area (Å²) >= 11 is 0. The first-order valence-corrected chi connectivity index (χ1v) is 7.91. The topological polar surface area (TPSA) is 15.3 Å². The number of unbranched alkanes of at least 4 members (excludes halogenated alkanes) is 1. The van der Waals surface area contributed by atoms with E-state index in [-0.39, 0.29) is 0 Å². The molecule has 104 valence electrons. The molecule has 2 heteroatoms. The van der Waals surface area contributed by atoms with Gasteiger partial charge < -0.3 is 10.2 Å². The van der Waals surface area contributed by atoms with Crippen LogP contribution in [0.1, 0.15) is 31.2 Å². The van der Waals surface area contributed by atoms with Crippen molar-refractivity contribution in [1.29, 1.82) is 0 Å². The molecule has 0 aliphatic carbocycles. The van der Waals surface area contributed by atoms with E-state index in [1.165, 1.54) is 63.8 Å². The number of nitrogens with zero attached hydrogens (tertiary/aromatic N) is 1. The smallest absolute Gasteiger partial charge is 0.0224 e. The van der Waals surface area contributed by atoms with Gasteiger partial charge in [0.15, 0.2) is 0 Å². The molecule has 3 fully saturated rings. The highest BCUT2D eigenvalue weighted by Gasteiger charge is 2.33. The van der Waals surface area contributed by atoms with E-state index in [4.69, 9.17) is 0 Å². The van der Waals surface area contributed by atoms with Crippen molar-refractivity contribution >= 4 is 0 Å². The van der Waals surface area contributed by atoms with E-state index in [0.717, 1.165) is 12.0 Å². The average molecular weight is 258 g/mol. The molecule has 1 unspecified atom stereocenters. The number of fused-ring (bicyclic) bond motifs is 3. The maximum atomic E-state index is 3.80. The second kappa shape index (κ2) is 6.53. The first kappa shape index (κ1) is 13.1. The minimum Gasteiger partial charge on any atom is -0.312 e. The highest BCUT2D eigenvalue weighted by Crippen LogP contribution is 2.27. The minimum absolute atomic E-state index is 0.777. The van der Waals surface area contributed by atoms with Crippen LogP contribution in [0.15, 0.2) is 30.3 Å². The summed E-state index contributed by atoms with van der Waals surface area (Å²) in [6.07, 6.45) is 6.67. The zero-order valence-corrected chi connectivity index (χ0v) is 11.9. The van der Waals surface area contributed by atoms with Gasteiger partial charge >= 0.3 is 0 Å². The van der Waals surface area contributed by atoms with Crippen molar-refractivity contribution in [3.63, 3.8) is 0 Å². The first-order chi connectivity index (χ1) is 9.42. The van der Waals surface area contributed by atoms with E-state index in [0.29, 0.717) is 0 Å². The van der Waals surface area contributed by atoms with Crippen LogP contribution in [0.4, 0.5) is 0 Å². The maximum absolute atomic E-state index is 3.80. The Labute approximate surface area is 117 Å². The fourth-order valence-corrected chi connectivity index (χ4v) is 3.58. The number of hydrogen-bond acceptors (Lipinski definition) is 2. The molecule has 3 aliphatic rings. The molecule has 0 aromatic heterocycles. The van der Waals surface area contributed by atoms with Gasteiger partial charge in [0, 0.05) is 12.6 Å². The van der Waals surface area contributed by atoms with Gasteiger partial charge in [0.25, 0.3) is 0 Å². The lowest BCUT2D eigenvalue weighted by Crippen LogP contribution is -2.56. The molecule has 1 aromatic carbocycles. The normalized spacial score (nSPS) is 29.6. The largest absolute Gasteiger partial charge is 0.312 e. The van der Waals surface area contributed by atoms with E-state index in [9.17, 15) is 0 Å². The molecule has 0 spiro atoms. The van der Waals surface area contributed by atoms with Crippen molar-refractivity contribution in [2.24, 2.45) is 5.92 Å². The van der Waals surface area contributed by atoms with Crippen LogP contribution in [0, 0.1) is 5.92 Å². The molecule has 1 aromatic rings. The standard InChI is InChI=1S/C17H26N2/c1-2-6-15(7-3-1)8-4-5-11-18-17-14-19-12-9-16(17)10-13-19/h1-3,6-7,16-18H,4-5,8-14H2. The highest BCUT2D eigenvalue weighted by atomic mass is 15.2. The van der Waals surface area contributed by atoms with Crippen LogP contribution in [0.5, 0.6) is 0 Å². The number of hydrogen-bond donors (Lipinski definition) is 1. The average Bonchev–Trinajstić information content (AvgIpc) is 2.49. The fourth-order valence-electron chi connectivity index (χ4n) is 3.58. The SMILES string of the molecule is c1ccc(CCCCNC2CN3CCC2CC3)cc1. The lowest BCUT2D eigenvalue weighted by molar-refractivity contribution is 0.0727. The summed E-state index contributed by atoms with van der Waals surface area (Å²) in [6, 6.07) is 11.6. The predicted molar refractivity (Wildman–Crippen MR) is 80.3 cm³/mol. The van der Waals surface area contributed by atoms with Crippen molar-refractivity contribution in [2.45, 2.75) is 38.1 Å². The van der Waals surface area contributed by atoms with Crippen LogP contribution in [-0.4, -0.2) is 37.1 Å². The van der Waals surface area contributed by atoms with Crippen molar-refractivity contribution in [3.05, 3.63) is 35.9 Å². The molecule has 0 saturated carbocycles. The molecule has 0 radical (unpaired) electrons. The van der Waals surface area contributed by atoms with Crippen LogP contribution in [0.25, 0.3) is 0 Å². The highest BCUT2D eigenvalue weighted by molar-refractivity contribution is 5.14. The molecular weight excluding hydrogens is 232 g/mol. The Balaban J connectivity index is 1.31. The van der Waals surface area contributed by atoms with Crippen molar-refractivity contribution in [3.8, 4) is 0 Å². The second-order valence-electron chi connectivity index (χ2n) is 6.14. The number of benzene rings is 1. The van der Waals surface area contributed by atoms with Gasteiger partial charge in [-0.25, -0.2) is 0 Å². The molecule has 1 atom stereocenters. The Morgan fingerprint density at radius 3 is 2.53 bits per heavy atom. The van der Waals surface area contributed by atoms with Gasteiger partial charge in [0.1, 0.15) is 0 Å². The molecule has 0 amide bonds. The number of aryl methyl sites for hydroxylation is 1. The quantitative estimate of drug-likeness (QED) is 0.789. The molecule has 2 nitrogen and oxygen atoms in total. The summed E-state index contributed by atoms with van der Waals surface area (Å²) in [5, 5.41) is 3.80. The van der Waals surface area contributed by atoms with Gasteiger partial charge in [-0.15, -0.1) is 0 Å². The van der Waals surface area contributed by atoms with E-state index < -0.39 is 0 Å². The van der Waals surface area contributed by atoms with Crippen molar-refractivity contribution in [2.75, 3.05) is 26.2 Å². The molecule has 3 aliphatic heterocycles. The van der Waals surface area contributed by atoms with E-state index in [1.807, 2.05) is 0 Å². The third-order valence-electron chi connectivity index (χ3n) is 4.80. The van der Waals surface area contributed by atoms with Crippen LogP contribution in [0.3, 0.4) is 0 Å². The Morgan fingerprint density at radius 1 is 1.05 bits per heavy atom. The summed E-state index contributed by atoms with van der Waals surface area (Å²) < 4.78 is 0. The molecule has 2 bridgehead atoms. The van der Waals surface area contributed by atoms with Crippen LogP contribution in [-0.2, 0) is 6.42 Å². The second-order valence-corrected chi connectivity index (χ2v) is 6.14. The number of nitrogens with one attached hydrogen (secondary N) is 1. The summed E-state index contributed by atoms with van der Waals surface area (Å²) in [5.74, 6) is 0.958. The van der Waals surface area contributed by atoms with E-state index in [2.05, 4.69) is 40.5 Å². The molecular formula is C17H26N2. The molecule has 19 heavy (non-hydrogen) atoms. The molecule has 4 rings (SSSR count). The van der Waals surface area contributed by atoms with Gasteiger partial charge in [0.2, 0.25) is 0 Å². The Bertz CT molecular complexity index is 368. The number of rotatable bonds is 6. The van der Waals surface area contributed by atoms with Gasteiger partial charge in [-0.1, -0.05) is 30.3 Å². The fraction of sp³-hybridized carbons (Fsp3) is 0.647. The lowest BCUT2D eigenvalue weighted by atomic mass is 9.84. The van der Waals surface area contributed by atoms with Gasteiger partial charge in [0.05, 0.1) is 0 Å². The monoisotopic (exact) mass is 258 g/mol. The van der Waals surface area contributed by atoms with Gasteiger partial charge in [-0.05, 0) is 63.2 Å². The minimum atomic E-state index is 0.777. The van der Waals surface area contributed by atoms with E-state index >= 15 is 0 Å². The number of piperidine rings is 3. The summed E-state index contributed by atoms with van der Waals surface area (Å²) in [6.45, 7) is 5.18. The van der Waals surface area contributed by atoms with Crippen molar-refractivity contribution < 1.29 is 0 Å². The Kier molecular flexibility index (Phi) is 4.52. The van der Waals surface area contributed by atoms with Crippen molar-refractivity contribution in [1.82, 2.24) is 10.2 Å². The zero-order chi connectivity index (χ0) is 12.9. The molecule has 3 saturated heterocycles. The summed E-state index contributed by atoms with van der Waals surface area (Å²) in [4.78, 5) is 2.63. The van der Waals surface area contributed by atoms with Crippen LogP contribution < -0.4 is 5.32 Å². The predicted octanol–water partition coefficient (Wildman–Crippen LogP) is 2.69. The third-order valence-corrected chi connectivity index (χ3v) is 4.80. The summed E-state index contributed by atoms with van der Waals surface area (Å²) in [7, 11) is 0. The zero-order valence-electron chi connectivity index (χ0n) is 11.9. The van der Waals surface area contributed by atoms with Crippen LogP contribution in [0.2, 0.25) is 0 Å². The molecule has 1 N–H and O–H groups in total. The lowest BCUT2D eigenvalue weighted by Gasteiger charge is -2.45. The van der Waals surface area contributed by atoms with Gasteiger partial charge in [-0.3, -0.25) is 0 Å². The van der Waals surface area contributed by atoms with E-state index in [1.54, 1.807) is 0 Å². The molecule has 3 heterocycles. The Hall–Kier alpha value is -0.860. The van der Waals surface area contributed by atoms with Crippen LogP contribution >= 0.6 is 0 Å². The first-order valence-electron chi connectivity index (χ1n) is 7.91. The van der Waals surface area contributed by atoms with Gasteiger partial charge in [-0.2, -0.15) is 0 Å². The summed E-state index contributed by atoms with van der Waals surface area (Å²) in [5.41, 5.74) is 1.48. The maximum Gasteiger partial charge on any atom is 0.0224 e.